The van der Waals surface area contributed by atoms with Crippen molar-refractivity contribution < 1.29 is 19.1 Å². The van der Waals surface area contributed by atoms with Crippen molar-refractivity contribution in [2.75, 3.05) is 19.8 Å². The van der Waals surface area contributed by atoms with Crippen molar-refractivity contribution in [1.82, 2.24) is 9.91 Å². The summed E-state index contributed by atoms with van der Waals surface area (Å²) >= 11 is 0. The van der Waals surface area contributed by atoms with E-state index in [0.29, 0.717) is 31.3 Å². The Morgan fingerprint density at radius 1 is 0.947 bits per heavy atom. The molecule has 1 aliphatic heterocycles. The van der Waals surface area contributed by atoms with Crippen LogP contribution in [0.5, 0.6) is 5.75 Å². The minimum atomic E-state index is -0.639. The van der Waals surface area contributed by atoms with Gasteiger partial charge in [0, 0.05) is 13.1 Å². The number of amides is 1. The van der Waals surface area contributed by atoms with E-state index >= 15 is 0 Å². The Bertz CT molecular complexity index is 1040. The number of ether oxygens (including phenoxy) is 2. The number of hydrazone groups is 1. The fourth-order valence-electron chi connectivity index (χ4n) is 4.52. The molecule has 7 heteroatoms. The first-order chi connectivity index (χ1) is 18.5. The minimum Gasteiger partial charge on any atom is -0.479 e. The zero-order valence-corrected chi connectivity index (χ0v) is 23.2. The molecule has 1 amide bonds. The van der Waals surface area contributed by atoms with Crippen molar-refractivity contribution in [2.45, 2.75) is 84.8 Å². The number of rotatable bonds is 16. The van der Waals surface area contributed by atoms with E-state index in [1.807, 2.05) is 41.3 Å². The number of aryl methyl sites for hydroxylation is 1. The van der Waals surface area contributed by atoms with Crippen molar-refractivity contribution in [3.05, 3.63) is 65.7 Å². The summed E-state index contributed by atoms with van der Waals surface area (Å²) in [6.45, 7) is 7.93. The number of hydrogen-bond acceptors (Lipinski definition) is 6. The van der Waals surface area contributed by atoms with Crippen molar-refractivity contribution in [3.8, 4) is 5.75 Å². The molecule has 0 radical (unpaired) electrons. The topological polar surface area (TPSA) is 71.4 Å². The molecule has 0 saturated heterocycles. The summed E-state index contributed by atoms with van der Waals surface area (Å²) in [6, 6.07) is 18.0. The molecule has 0 saturated carbocycles. The van der Waals surface area contributed by atoms with Crippen LogP contribution < -0.4 is 4.74 Å². The predicted octanol–water partition coefficient (Wildman–Crippen LogP) is 5.97. The molecule has 206 valence electrons. The predicted molar refractivity (Wildman–Crippen MR) is 151 cm³/mol. The van der Waals surface area contributed by atoms with E-state index in [1.165, 1.54) is 12.8 Å². The molecule has 1 atom stereocenters. The van der Waals surface area contributed by atoms with E-state index < -0.39 is 6.10 Å². The SMILES string of the molecule is CCCCCCC1=NN(CCCCc2cccc(OC(C)C(=O)OCC)c2)CN(Cc2ccccc2)C1=O. The number of nitrogens with zero attached hydrogens (tertiary/aromatic N) is 3. The van der Waals surface area contributed by atoms with Crippen LogP contribution in [0.1, 0.15) is 76.8 Å². The normalized spacial score (nSPS) is 14.3. The fourth-order valence-corrected chi connectivity index (χ4v) is 4.52. The van der Waals surface area contributed by atoms with Gasteiger partial charge in [-0.3, -0.25) is 9.80 Å². The Morgan fingerprint density at radius 3 is 2.47 bits per heavy atom. The third-order valence-electron chi connectivity index (χ3n) is 6.58. The highest BCUT2D eigenvalue weighted by atomic mass is 16.6. The average Bonchev–Trinajstić information content (AvgIpc) is 2.92. The van der Waals surface area contributed by atoms with E-state index in [0.717, 1.165) is 56.2 Å². The Labute approximate surface area is 227 Å². The van der Waals surface area contributed by atoms with E-state index in [9.17, 15) is 9.59 Å². The highest BCUT2D eigenvalue weighted by molar-refractivity contribution is 6.39. The van der Waals surface area contributed by atoms with Gasteiger partial charge in [-0.05, 0) is 69.2 Å². The third kappa shape index (κ3) is 9.51. The smallest absolute Gasteiger partial charge is 0.347 e. The van der Waals surface area contributed by atoms with Gasteiger partial charge < -0.3 is 14.4 Å². The first-order valence-corrected chi connectivity index (χ1v) is 14.1. The number of hydrogen-bond donors (Lipinski definition) is 0. The van der Waals surface area contributed by atoms with Crippen LogP contribution in [-0.2, 0) is 27.3 Å². The molecule has 0 spiro atoms. The second kappa shape index (κ2) is 15.8. The maximum absolute atomic E-state index is 13.2. The molecule has 3 rings (SSSR count). The summed E-state index contributed by atoms with van der Waals surface area (Å²) in [5.41, 5.74) is 2.98. The van der Waals surface area contributed by atoms with E-state index in [-0.39, 0.29) is 11.9 Å². The number of carbonyl (C=O) groups excluding carboxylic acids is 2. The van der Waals surface area contributed by atoms with Gasteiger partial charge in [0.05, 0.1) is 6.61 Å². The van der Waals surface area contributed by atoms with Crippen LogP contribution in [-0.4, -0.2) is 53.4 Å². The van der Waals surface area contributed by atoms with Crippen molar-refractivity contribution >= 4 is 17.6 Å². The fraction of sp³-hybridized carbons (Fsp3) is 0.516. The van der Waals surface area contributed by atoms with Gasteiger partial charge in [-0.25, -0.2) is 4.79 Å². The first-order valence-electron chi connectivity index (χ1n) is 14.1. The Balaban J connectivity index is 1.54. The van der Waals surface area contributed by atoms with Gasteiger partial charge in [0.15, 0.2) is 6.10 Å². The van der Waals surface area contributed by atoms with Gasteiger partial charge in [0.25, 0.3) is 5.91 Å². The molecule has 0 aliphatic carbocycles. The molecule has 1 aliphatic rings. The molecule has 2 aromatic carbocycles. The summed E-state index contributed by atoms with van der Waals surface area (Å²) < 4.78 is 10.8. The lowest BCUT2D eigenvalue weighted by Crippen LogP contribution is -2.47. The zero-order chi connectivity index (χ0) is 27.2. The first kappa shape index (κ1) is 29.2. The second-order valence-electron chi connectivity index (χ2n) is 9.83. The van der Waals surface area contributed by atoms with Crippen molar-refractivity contribution in [3.63, 3.8) is 0 Å². The number of benzene rings is 2. The maximum Gasteiger partial charge on any atom is 0.347 e. The Hall–Kier alpha value is -3.35. The van der Waals surface area contributed by atoms with Crippen molar-refractivity contribution in [1.29, 1.82) is 0 Å². The lowest BCUT2D eigenvalue weighted by atomic mass is 10.1. The molecule has 2 aromatic rings. The van der Waals surface area contributed by atoms with Crippen LogP contribution in [0.2, 0.25) is 0 Å². The molecule has 1 unspecified atom stereocenters. The van der Waals surface area contributed by atoms with Gasteiger partial charge in [-0.15, -0.1) is 0 Å². The highest BCUT2D eigenvalue weighted by Crippen LogP contribution is 2.19. The molecule has 7 nitrogen and oxygen atoms in total. The number of esters is 1. The van der Waals surface area contributed by atoms with Crippen molar-refractivity contribution in [2.24, 2.45) is 5.10 Å². The number of carbonyl (C=O) groups is 2. The average molecular weight is 522 g/mol. The summed E-state index contributed by atoms with van der Waals surface area (Å²) in [5.74, 6) is 0.381. The summed E-state index contributed by atoms with van der Waals surface area (Å²) in [4.78, 5) is 27.0. The lowest BCUT2D eigenvalue weighted by molar-refractivity contribution is -0.150. The lowest BCUT2D eigenvalue weighted by Gasteiger charge is -2.34. The van der Waals surface area contributed by atoms with Crippen LogP contribution in [0.3, 0.4) is 0 Å². The molecule has 0 fully saturated rings. The van der Waals surface area contributed by atoms with E-state index in [1.54, 1.807) is 13.8 Å². The molecule has 0 N–H and O–H groups in total. The molecule has 0 aromatic heterocycles. The molecular formula is C31H43N3O4. The number of unbranched alkanes of at least 4 members (excludes halogenated alkanes) is 4. The van der Waals surface area contributed by atoms with Crippen LogP contribution >= 0.6 is 0 Å². The molecule has 38 heavy (non-hydrogen) atoms. The second-order valence-corrected chi connectivity index (χ2v) is 9.83. The molecule has 0 bridgehead atoms. The van der Waals surface area contributed by atoms with E-state index in [4.69, 9.17) is 14.6 Å². The monoisotopic (exact) mass is 521 g/mol. The molecule has 1 heterocycles. The summed E-state index contributed by atoms with van der Waals surface area (Å²) in [6.07, 6.45) is 7.43. The largest absolute Gasteiger partial charge is 0.479 e. The maximum atomic E-state index is 13.2. The van der Waals surface area contributed by atoms with Gasteiger partial charge >= 0.3 is 5.97 Å². The van der Waals surface area contributed by atoms with Gasteiger partial charge in [-0.2, -0.15) is 5.10 Å². The minimum absolute atomic E-state index is 0.0652. The van der Waals surface area contributed by atoms with Crippen LogP contribution in [0.4, 0.5) is 0 Å². The zero-order valence-electron chi connectivity index (χ0n) is 23.2. The van der Waals surface area contributed by atoms with E-state index in [2.05, 4.69) is 30.1 Å². The van der Waals surface area contributed by atoms with Crippen LogP contribution in [0.15, 0.2) is 59.7 Å². The van der Waals surface area contributed by atoms with Crippen LogP contribution in [0.25, 0.3) is 0 Å². The standard InChI is InChI=1S/C31H43N3O4/c1-4-6-7-11-20-29-30(35)33(23-27-16-9-8-10-17-27)24-34(32-29)21-13-12-15-26-18-14-19-28(22-26)38-25(3)31(36)37-5-2/h8-10,14,16-19,22,25H,4-7,11-13,15,20-21,23-24H2,1-3H3. The van der Waals surface area contributed by atoms with Gasteiger partial charge in [0.1, 0.15) is 18.1 Å². The van der Waals surface area contributed by atoms with Gasteiger partial charge in [-0.1, -0.05) is 68.7 Å². The summed E-state index contributed by atoms with van der Waals surface area (Å²) in [7, 11) is 0. The highest BCUT2D eigenvalue weighted by Gasteiger charge is 2.27. The van der Waals surface area contributed by atoms with Crippen LogP contribution in [0, 0.1) is 0 Å². The Kier molecular flexibility index (Phi) is 12.1. The van der Waals surface area contributed by atoms with Gasteiger partial charge in [0.2, 0.25) is 0 Å². The summed E-state index contributed by atoms with van der Waals surface area (Å²) in [5, 5.41) is 6.83. The molecular weight excluding hydrogens is 478 g/mol. The Morgan fingerprint density at radius 2 is 1.71 bits per heavy atom. The quantitative estimate of drug-likeness (QED) is 0.201. The third-order valence-corrected chi connectivity index (χ3v) is 6.58.